The number of aryl methyl sites for hydroxylation is 1. The zero-order valence-corrected chi connectivity index (χ0v) is 11.7. The SMILES string of the molecule is Cc1nccn1-c1ccc(F)cc1CNCC(C)C. The Bertz CT molecular complexity index is 546. The number of nitrogens with zero attached hydrogens (tertiary/aromatic N) is 2. The van der Waals surface area contributed by atoms with Crippen LogP contribution in [0.1, 0.15) is 25.2 Å². The standard InChI is InChI=1S/C15H20FN3/c1-11(2)9-17-10-13-8-14(16)4-5-15(13)19-7-6-18-12(19)3/h4-8,11,17H,9-10H2,1-3H3. The van der Waals surface area contributed by atoms with Gasteiger partial charge in [0.05, 0.1) is 5.69 Å². The minimum atomic E-state index is -0.206. The highest BCUT2D eigenvalue weighted by Gasteiger charge is 2.08. The van der Waals surface area contributed by atoms with Crippen LogP contribution in [0.3, 0.4) is 0 Å². The van der Waals surface area contributed by atoms with E-state index < -0.39 is 0 Å². The average molecular weight is 261 g/mol. The molecule has 0 aliphatic rings. The van der Waals surface area contributed by atoms with Gasteiger partial charge in [0, 0.05) is 18.9 Å². The monoisotopic (exact) mass is 261 g/mol. The first-order valence-electron chi connectivity index (χ1n) is 6.57. The molecule has 0 aliphatic carbocycles. The van der Waals surface area contributed by atoms with E-state index in [0.29, 0.717) is 12.5 Å². The maximum atomic E-state index is 13.4. The van der Waals surface area contributed by atoms with Crippen LogP contribution in [0.25, 0.3) is 5.69 Å². The van der Waals surface area contributed by atoms with Crippen molar-refractivity contribution in [2.45, 2.75) is 27.3 Å². The summed E-state index contributed by atoms with van der Waals surface area (Å²) in [6.07, 6.45) is 3.65. The molecule has 0 atom stereocenters. The molecule has 4 heteroatoms. The highest BCUT2D eigenvalue weighted by atomic mass is 19.1. The Morgan fingerprint density at radius 3 is 2.79 bits per heavy atom. The second kappa shape index (κ2) is 5.97. The second-order valence-corrected chi connectivity index (χ2v) is 5.14. The van der Waals surface area contributed by atoms with Gasteiger partial charge in [0.2, 0.25) is 0 Å². The quantitative estimate of drug-likeness (QED) is 0.896. The molecule has 1 aromatic heterocycles. The van der Waals surface area contributed by atoms with Crippen LogP contribution in [0.5, 0.6) is 0 Å². The Kier molecular flexibility index (Phi) is 4.32. The third-order valence-electron chi connectivity index (χ3n) is 2.99. The van der Waals surface area contributed by atoms with Crippen LogP contribution in [-0.2, 0) is 6.54 Å². The van der Waals surface area contributed by atoms with Gasteiger partial charge < -0.3 is 9.88 Å². The van der Waals surface area contributed by atoms with Crippen LogP contribution < -0.4 is 5.32 Å². The number of halogens is 1. The summed E-state index contributed by atoms with van der Waals surface area (Å²) >= 11 is 0. The zero-order valence-electron chi connectivity index (χ0n) is 11.7. The van der Waals surface area contributed by atoms with Gasteiger partial charge >= 0.3 is 0 Å². The van der Waals surface area contributed by atoms with E-state index in [1.165, 1.54) is 6.07 Å². The van der Waals surface area contributed by atoms with Crippen molar-refractivity contribution < 1.29 is 4.39 Å². The molecule has 0 saturated carbocycles. The number of rotatable bonds is 5. The number of hydrogen-bond donors (Lipinski definition) is 1. The Morgan fingerprint density at radius 1 is 1.37 bits per heavy atom. The Hall–Kier alpha value is -1.68. The minimum Gasteiger partial charge on any atom is -0.312 e. The lowest BCUT2D eigenvalue weighted by molar-refractivity contribution is 0.549. The molecule has 0 saturated heterocycles. The van der Waals surface area contributed by atoms with Crippen molar-refractivity contribution in [1.82, 2.24) is 14.9 Å². The van der Waals surface area contributed by atoms with E-state index in [-0.39, 0.29) is 5.82 Å². The average Bonchev–Trinajstić information content (AvgIpc) is 2.75. The molecule has 1 aromatic carbocycles. The molecule has 0 fully saturated rings. The third-order valence-corrected chi connectivity index (χ3v) is 2.99. The van der Waals surface area contributed by atoms with Gasteiger partial charge in [0.1, 0.15) is 11.6 Å². The Morgan fingerprint density at radius 2 is 2.16 bits per heavy atom. The summed E-state index contributed by atoms with van der Waals surface area (Å²) in [6, 6.07) is 4.87. The molecule has 0 spiro atoms. The molecule has 1 N–H and O–H groups in total. The van der Waals surface area contributed by atoms with E-state index in [4.69, 9.17) is 0 Å². The molecule has 0 aliphatic heterocycles. The summed E-state index contributed by atoms with van der Waals surface area (Å²) in [7, 11) is 0. The van der Waals surface area contributed by atoms with Gasteiger partial charge in [-0.05, 0) is 43.1 Å². The first kappa shape index (κ1) is 13.7. The van der Waals surface area contributed by atoms with Gasteiger partial charge in [0.15, 0.2) is 0 Å². The third kappa shape index (κ3) is 3.41. The van der Waals surface area contributed by atoms with Crippen LogP contribution in [-0.4, -0.2) is 16.1 Å². The minimum absolute atomic E-state index is 0.206. The van der Waals surface area contributed by atoms with Crippen molar-refractivity contribution in [1.29, 1.82) is 0 Å². The van der Waals surface area contributed by atoms with Crippen molar-refractivity contribution in [2.24, 2.45) is 5.92 Å². The predicted octanol–water partition coefficient (Wildman–Crippen LogP) is 3.07. The molecule has 0 bridgehead atoms. The van der Waals surface area contributed by atoms with Crippen LogP contribution in [0.4, 0.5) is 4.39 Å². The lowest BCUT2D eigenvalue weighted by atomic mass is 10.1. The molecule has 1 heterocycles. The number of hydrogen-bond acceptors (Lipinski definition) is 2. The van der Waals surface area contributed by atoms with Gasteiger partial charge in [-0.25, -0.2) is 9.37 Å². The molecule has 2 rings (SSSR count). The maximum absolute atomic E-state index is 13.4. The van der Waals surface area contributed by atoms with Crippen molar-refractivity contribution in [3.8, 4) is 5.69 Å². The summed E-state index contributed by atoms with van der Waals surface area (Å²) in [5, 5.41) is 3.35. The van der Waals surface area contributed by atoms with Gasteiger partial charge in [-0.1, -0.05) is 13.8 Å². The highest BCUT2D eigenvalue weighted by molar-refractivity contribution is 5.42. The molecule has 19 heavy (non-hydrogen) atoms. The van der Waals surface area contributed by atoms with Crippen molar-refractivity contribution in [3.63, 3.8) is 0 Å². The van der Waals surface area contributed by atoms with Crippen LogP contribution in [0.2, 0.25) is 0 Å². The van der Waals surface area contributed by atoms with E-state index in [0.717, 1.165) is 23.6 Å². The fourth-order valence-electron chi connectivity index (χ4n) is 2.06. The summed E-state index contributed by atoms with van der Waals surface area (Å²) in [5.74, 6) is 1.27. The van der Waals surface area contributed by atoms with E-state index >= 15 is 0 Å². The van der Waals surface area contributed by atoms with Crippen LogP contribution >= 0.6 is 0 Å². The topological polar surface area (TPSA) is 29.9 Å². The molecule has 0 amide bonds. The molecular weight excluding hydrogens is 241 g/mol. The van der Waals surface area contributed by atoms with E-state index in [1.807, 2.05) is 17.7 Å². The van der Waals surface area contributed by atoms with Crippen molar-refractivity contribution >= 4 is 0 Å². The normalized spacial score (nSPS) is 11.2. The molecule has 2 aromatic rings. The number of benzene rings is 1. The molecular formula is C15H20FN3. The van der Waals surface area contributed by atoms with Gasteiger partial charge in [-0.3, -0.25) is 0 Å². The molecule has 102 valence electrons. The first-order valence-corrected chi connectivity index (χ1v) is 6.57. The first-order chi connectivity index (χ1) is 9.08. The predicted molar refractivity (Wildman–Crippen MR) is 74.8 cm³/mol. The number of nitrogens with one attached hydrogen (secondary N) is 1. The number of imidazole rings is 1. The fourth-order valence-corrected chi connectivity index (χ4v) is 2.06. The largest absolute Gasteiger partial charge is 0.312 e. The summed E-state index contributed by atoms with van der Waals surface area (Å²) in [4.78, 5) is 4.21. The van der Waals surface area contributed by atoms with E-state index in [2.05, 4.69) is 24.1 Å². The maximum Gasteiger partial charge on any atom is 0.123 e. The van der Waals surface area contributed by atoms with Gasteiger partial charge in [-0.15, -0.1) is 0 Å². The Labute approximate surface area is 113 Å². The summed E-state index contributed by atoms with van der Waals surface area (Å²) in [5.41, 5.74) is 1.93. The highest BCUT2D eigenvalue weighted by Crippen LogP contribution is 2.17. The Balaban J connectivity index is 2.26. The van der Waals surface area contributed by atoms with Gasteiger partial charge in [-0.2, -0.15) is 0 Å². The fraction of sp³-hybridized carbons (Fsp3) is 0.400. The van der Waals surface area contributed by atoms with Crippen molar-refractivity contribution in [2.75, 3.05) is 6.54 Å². The molecule has 0 radical (unpaired) electrons. The number of aromatic nitrogens is 2. The summed E-state index contributed by atoms with van der Waals surface area (Å²) < 4.78 is 15.4. The molecule has 3 nitrogen and oxygen atoms in total. The summed E-state index contributed by atoms with van der Waals surface area (Å²) in [6.45, 7) is 7.81. The molecule has 0 unspecified atom stereocenters. The zero-order chi connectivity index (χ0) is 13.8. The second-order valence-electron chi connectivity index (χ2n) is 5.14. The van der Waals surface area contributed by atoms with Crippen molar-refractivity contribution in [3.05, 3.63) is 47.8 Å². The van der Waals surface area contributed by atoms with E-state index in [1.54, 1.807) is 18.3 Å². The van der Waals surface area contributed by atoms with Gasteiger partial charge in [0.25, 0.3) is 0 Å². The van der Waals surface area contributed by atoms with Crippen LogP contribution in [0, 0.1) is 18.7 Å². The smallest absolute Gasteiger partial charge is 0.123 e. The van der Waals surface area contributed by atoms with Crippen LogP contribution in [0.15, 0.2) is 30.6 Å². The lowest BCUT2D eigenvalue weighted by Crippen LogP contribution is -2.20. The lowest BCUT2D eigenvalue weighted by Gasteiger charge is -2.14. The van der Waals surface area contributed by atoms with E-state index in [9.17, 15) is 4.39 Å².